The van der Waals surface area contributed by atoms with Crippen LogP contribution in [0.2, 0.25) is 0 Å². The minimum Gasteiger partial charge on any atom is -0.347 e. The molecule has 6 aromatic carbocycles. The van der Waals surface area contributed by atoms with Gasteiger partial charge in [-0.25, -0.2) is 8.78 Å². The van der Waals surface area contributed by atoms with E-state index in [1.807, 2.05) is 89.6 Å². The zero-order chi connectivity index (χ0) is 52.0. The second-order valence-electron chi connectivity index (χ2n) is 18.0. The molecule has 10 nitrogen and oxygen atoms in total. The van der Waals surface area contributed by atoms with Crippen LogP contribution in [0, 0.1) is 11.6 Å². The summed E-state index contributed by atoms with van der Waals surface area (Å²) in [6.45, 7) is 2.38. The zero-order valence-corrected chi connectivity index (χ0v) is 41.0. The van der Waals surface area contributed by atoms with E-state index in [4.69, 9.17) is 0 Å². The van der Waals surface area contributed by atoms with Crippen molar-refractivity contribution in [2.24, 2.45) is 0 Å². The van der Waals surface area contributed by atoms with E-state index >= 15 is 0 Å². The Morgan fingerprint density at radius 2 is 1.10 bits per heavy atom. The van der Waals surface area contributed by atoms with Gasteiger partial charge in [-0.3, -0.25) is 19.2 Å². The van der Waals surface area contributed by atoms with E-state index in [1.165, 1.54) is 35.2 Å². The Labute approximate surface area is 428 Å². The molecule has 10 rings (SSSR count). The molecule has 73 heavy (non-hydrogen) atoms. The molecule has 0 bridgehead atoms. The highest BCUT2D eigenvalue weighted by Gasteiger charge is 2.45. The number of hydrogen-bond acceptors (Lipinski definition) is 4. The largest absolute Gasteiger partial charge is 0.347 e. The Morgan fingerprint density at radius 3 is 1.62 bits per heavy atom. The minimum atomic E-state index is -3.55. The standard InChI is InChI=1S/C28H24F3N3O2.C15H11BrFN.C13H14F2N2O2.2H2/c1-28(30,31)27(36)32-23-16-25(35)34(26(23)19-5-3-2-4-6-19)22-11-12-24-20(15-22)13-14-33(24)17-18-7-9-21(29)10-8-18;16-13-3-6-15-12(9-13)7-8-18(15)10-11-1-4-14(17)5-2-11;1-13(14,15)12(19)16-9-7-10(18)17-11(9)8-5-3-2-4-6-8;;/h2-15,23,26H,16-17H2,1H3,(H,32,36);1-9H,10H2;2-6,9,11H,7H2,1H3,(H,16,19)(H,17,18);2*1H/t23-,26+;;9-,11+;;/m0.0../s1. The lowest BCUT2D eigenvalue weighted by Crippen LogP contribution is -2.46. The van der Waals surface area contributed by atoms with Gasteiger partial charge in [0.05, 0.1) is 24.2 Å². The molecule has 380 valence electrons. The van der Waals surface area contributed by atoms with Crippen LogP contribution >= 0.6 is 15.9 Å². The molecule has 4 atom stereocenters. The molecule has 0 spiro atoms. The van der Waals surface area contributed by atoms with E-state index in [0.717, 1.165) is 44.2 Å². The third-order valence-corrected chi connectivity index (χ3v) is 13.0. The average molecular weight is 1070 g/mol. The molecule has 0 radical (unpaired) electrons. The van der Waals surface area contributed by atoms with Gasteiger partial charge in [0.2, 0.25) is 11.8 Å². The SMILES string of the molecule is CC(F)(F)C(=O)N[C@H]1CC(=O)N(c2ccc3c(ccn3Cc3ccc(F)cc3)c2)[C@@H]1c1ccccc1.CC(F)(F)C(=O)N[C@H]1CC(=O)N[C@@H]1c1ccccc1.Fc1ccc(Cn2ccc3cc(Br)ccc32)cc1.[HH].[HH]. The molecule has 3 N–H and O–H groups in total. The lowest BCUT2D eigenvalue weighted by atomic mass is 9.99. The fraction of sp³-hybridized carbons (Fsp3) is 0.214. The van der Waals surface area contributed by atoms with Gasteiger partial charge < -0.3 is 30.0 Å². The summed E-state index contributed by atoms with van der Waals surface area (Å²) in [4.78, 5) is 49.5. The van der Waals surface area contributed by atoms with E-state index in [-0.39, 0.29) is 39.1 Å². The topological polar surface area (TPSA) is 117 Å². The maximum Gasteiger partial charge on any atom is 0.321 e. The number of carbonyl (C=O) groups is 4. The summed E-state index contributed by atoms with van der Waals surface area (Å²) in [7, 11) is 0. The highest BCUT2D eigenvalue weighted by atomic mass is 79.9. The van der Waals surface area contributed by atoms with Crippen LogP contribution in [0.1, 0.15) is 63.9 Å². The van der Waals surface area contributed by atoms with Crippen LogP contribution in [0.5, 0.6) is 0 Å². The molecule has 8 aromatic rings. The van der Waals surface area contributed by atoms with Crippen molar-refractivity contribution in [1.29, 1.82) is 0 Å². The number of alkyl halides is 4. The number of fused-ring (bicyclic) bond motifs is 2. The van der Waals surface area contributed by atoms with Crippen LogP contribution in [0.4, 0.5) is 32.0 Å². The molecular formula is C56H53BrF6N6O4. The van der Waals surface area contributed by atoms with Gasteiger partial charge in [0, 0.05) is 87.0 Å². The predicted molar refractivity (Wildman–Crippen MR) is 275 cm³/mol. The Kier molecular flexibility index (Phi) is 15.6. The van der Waals surface area contributed by atoms with E-state index in [0.29, 0.717) is 26.1 Å². The first-order valence-electron chi connectivity index (χ1n) is 23.2. The molecule has 2 saturated heterocycles. The number of nitrogens with one attached hydrogen (secondary N) is 3. The van der Waals surface area contributed by atoms with Crippen molar-refractivity contribution in [3.05, 3.63) is 208 Å². The smallest absolute Gasteiger partial charge is 0.321 e. The molecular weight excluding hydrogens is 1010 g/mol. The molecule has 0 aliphatic carbocycles. The Morgan fingerprint density at radius 1 is 0.616 bits per heavy atom. The van der Waals surface area contributed by atoms with E-state index < -0.39 is 47.8 Å². The number of rotatable bonds is 11. The molecule has 4 heterocycles. The number of anilines is 1. The molecule has 0 saturated carbocycles. The van der Waals surface area contributed by atoms with Gasteiger partial charge in [-0.1, -0.05) is 101 Å². The third-order valence-electron chi connectivity index (χ3n) is 12.5. The molecule has 17 heteroatoms. The van der Waals surface area contributed by atoms with E-state index in [1.54, 1.807) is 41.3 Å². The van der Waals surface area contributed by atoms with Crippen molar-refractivity contribution in [3.8, 4) is 0 Å². The quantitative estimate of drug-likeness (QED) is 0.112. The van der Waals surface area contributed by atoms with Gasteiger partial charge in [0.1, 0.15) is 11.6 Å². The van der Waals surface area contributed by atoms with Crippen LogP contribution in [0.3, 0.4) is 0 Å². The highest BCUT2D eigenvalue weighted by molar-refractivity contribution is 9.10. The highest BCUT2D eigenvalue weighted by Crippen LogP contribution is 2.39. The normalized spacial score (nSPS) is 17.6. The number of nitrogens with zero attached hydrogens (tertiary/aromatic N) is 3. The second kappa shape index (κ2) is 22.0. The van der Waals surface area contributed by atoms with E-state index in [2.05, 4.69) is 60.8 Å². The fourth-order valence-corrected chi connectivity index (χ4v) is 9.29. The van der Waals surface area contributed by atoms with Crippen molar-refractivity contribution in [1.82, 2.24) is 25.1 Å². The zero-order valence-electron chi connectivity index (χ0n) is 39.4. The summed E-state index contributed by atoms with van der Waals surface area (Å²) in [5.74, 6) is -10.8. The fourth-order valence-electron chi connectivity index (χ4n) is 8.91. The monoisotopic (exact) mass is 1070 g/mol. The third kappa shape index (κ3) is 12.7. The maximum absolute atomic E-state index is 13.6. The summed E-state index contributed by atoms with van der Waals surface area (Å²) in [5.41, 5.74) is 6.28. The number of halogens is 7. The summed E-state index contributed by atoms with van der Waals surface area (Å²) in [6.07, 6.45) is 3.89. The average Bonchev–Trinajstić information content (AvgIpc) is 4.14. The number of aromatic nitrogens is 2. The molecule has 2 fully saturated rings. The first kappa shape index (κ1) is 51.7. The lowest BCUT2D eigenvalue weighted by molar-refractivity contribution is -0.144. The molecule has 2 aromatic heterocycles. The first-order valence-corrected chi connectivity index (χ1v) is 24.0. The second-order valence-corrected chi connectivity index (χ2v) is 18.9. The summed E-state index contributed by atoms with van der Waals surface area (Å²) in [6, 6.07) is 44.2. The number of benzene rings is 6. The van der Waals surface area contributed by atoms with Crippen LogP contribution in [-0.4, -0.2) is 56.7 Å². The van der Waals surface area contributed by atoms with Gasteiger partial charge in [-0.05, 0) is 95.1 Å². The minimum absolute atomic E-state index is 0. The maximum atomic E-state index is 13.6. The summed E-state index contributed by atoms with van der Waals surface area (Å²) in [5, 5.41) is 9.38. The predicted octanol–water partition coefficient (Wildman–Crippen LogP) is 11.9. The van der Waals surface area contributed by atoms with Crippen molar-refractivity contribution in [3.63, 3.8) is 0 Å². The molecule has 2 aliphatic rings. The molecule has 0 unspecified atom stereocenters. The van der Waals surface area contributed by atoms with Gasteiger partial charge in [-0.15, -0.1) is 0 Å². The van der Waals surface area contributed by atoms with Crippen molar-refractivity contribution in [2.75, 3.05) is 4.90 Å². The van der Waals surface area contributed by atoms with Crippen LogP contribution in [-0.2, 0) is 32.3 Å². The Balaban J connectivity index is 0.000000198. The van der Waals surface area contributed by atoms with Gasteiger partial charge in [-0.2, -0.15) is 17.6 Å². The molecule has 4 amide bonds. The number of hydrogen-bond donors (Lipinski definition) is 3. The van der Waals surface area contributed by atoms with Crippen molar-refractivity contribution in [2.45, 2.75) is 75.8 Å². The van der Waals surface area contributed by atoms with Gasteiger partial charge in [0.15, 0.2) is 0 Å². The summed E-state index contributed by atoms with van der Waals surface area (Å²) < 4.78 is 84.4. The van der Waals surface area contributed by atoms with Crippen LogP contribution in [0.15, 0.2) is 175 Å². The van der Waals surface area contributed by atoms with Crippen LogP contribution < -0.4 is 20.9 Å². The summed E-state index contributed by atoms with van der Waals surface area (Å²) >= 11 is 3.47. The number of carbonyl (C=O) groups excluding carboxylic acids is 4. The first-order chi connectivity index (χ1) is 34.8. The van der Waals surface area contributed by atoms with Gasteiger partial charge >= 0.3 is 11.8 Å². The van der Waals surface area contributed by atoms with Gasteiger partial charge in [0.25, 0.3) is 11.8 Å². The Hall–Kier alpha value is -7.66. The number of amides is 4. The van der Waals surface area contributed by atoms with Crippen molar-refractivity contribution < 1.29 is 48.4 Å². The van der Waals surface area contributed by atoms with Crippen LogP contribution in [0.25, 0.3) is 21.8 Å². The Bertz CT molecular complexity index is 3250. The van der Waals surface area contributed by atoms with Crippen molar-refractivity contribution >= 4 is 67.1 Å². The molecule has 2 aliphatic heterocycles. The van der Waals surface area contributed by atoms with E-state index in [9.17, 15) is 45.5 Å². The lowest BCUT2D eigenvalue weighted by Gasteiger charge is -2.29.